The first-order chi connectivity index (χ1) is 11.1. The number of carbonyl (C=O) groups is 1. The van der Waals surface area contributed by atoms with Crippen LogP contribution in [0.2, 0.25) is 0 Å². The van der Waals surface area contributed by atoms with Crippen LogP contribution in [0.1, 0.15) is 34.5 Å². The second-order valence-corrected chi connectivity index (χ2v) is 5.72. The van der Waals surface area contributed by atoms with Gasteiger partial charge in [-0.1, -0.05) is 6.07 Å². The molecule has 2 heterocycles. The van der Waals surface area contributed by atoms with E-state index in [4.69, 9.17) is 4.74 Å². The fourth-order valence-corrected chi connectivity index (χ4v) is 3.19. The zero-order valence-corrected chi connectivity index (χ0v) is 13.3. The Morgan fingerprint density at radius 2 is 2.30 bits per heavy atom. The maximum Gasteiger partial charge on any atom is 0.254 e. The van der Waals surface area contributed by atoms with E-state index in [1.165, 1.54) is 12.1 Å². The Kier molecular flexibility index (Phi) is 4.43. The number of benzene rings is 1. The molecule has 0 fully saturated rings. The van der Waals surface area contributed by atoms with Crippen molar-refractivity contribution in [1.29, 1.82) is 0 Å². The van der Waals surface area contributed by atoms with Gasteiger partial charge in [-0.25, -0.2) is 4.39 Å². The minimum atomic E-state index is -0.402. The van der Waals surface area contributed by atoms with Gasteiger partial charge in [0.15, 0.2) is 0 Å². The summed E-state index contributed by atoms with van der Waals surface area (Å²) in [7, 11) is 1.65. The largest absolute Gasteiger partial charge is 0.384 e. The second kappa shape index (κ2) is 6.50. The smallest absolute Gasteiger partial charge is 0.254 e. The molecule has 0 N–H and O–H groups in total. The Hall–Kier alpha value is -2.21. The highest BCUT2D eigenvalue weighted by molar-refractivity contribution is 5.94. The van der Waals surface area contributed by atoms with Gasteiger partial charge in [0.1, 0.15) is 5.82 Å². The minimum absolute atomic E-state index is 0.0729. The fraction of sp³-hybridized carbons (Fsp3) is 0.412. The van der Waals surface area contributed by atoms with E-state index in [1.807, 2.05) is 17.8 Å². The quantitative estimate of drug-likeness (QED) is 0.870. The zero-order valence-electron chi connectivity index (χ0n) is 13.3. The Morgan fingerprint density at radius 1 is 1.48 bits per heavy atom. The summed E-state index contributed by atoms with van der Waals surface area (Å²) in [6.07, 6.45) is 1.81. The number of aromatic nitrogens is 2. The van der Waals surface area contributed by atoms with Crippen LogP contribution in [0, 0.1) is 5.82 Å². The number of amides is 1. The Morgan fingerprint density at radius 3 is 3.00 bits per heavy atom. The summed E-state index contributed by atoms with van der Waals surface area (Å²) in [5.41, 5.74) is 2.54. The Balaban J connectivity index is 1.89. The van der Waals surface area contributed by atoms with Gasteiger partial charge in [0, 0.05) is 43.8 Å². The number of nitrogens with zero attached hydrogens (tertiary/aromatic N) is 3. The zero-order chi connectivity index (χ0) is 16.4. The lowest BCUT2D eigenvalue weighted by Crippen LogP contribution is -2.40. The summed E-state index contributed by atoms with van der Waals surface area (Å²) in [5.74, 6) is -0.495. The van der Waals surface area contributed by atoms with Crippen molar-refractivity contribution in [2.45, 2.75) is 25.9 Å². The number of fused-ring (bicyclic) bond motifs is 1. The fourth-order valence-electron chi connectivity index (χ4n) is 3.19. The highest BCUT2D eigenvalue weighted by Gasteiger charge is 2.31. The van der Waals surface area contributed by atoms with Gasteiger partial charge in [-0.3, -0.25) is 9.48 Å². The first-order valence-corrected chi connectivity index (χ1v) is 7.72. The molecule has 6 heteroatoms. The third kappa shape index (κ3) is 2.99. The van der Waals surface area contributed by atoms with Crippen molar-refractivity contribution in [3.8, 4) is 0 Å². The van der Waals surface area contributed by atoms with Crippen molar-refractivity contribution in [3.63, 3.8) is 0 Å². The topological polar surface area (TPSA) is 47.4 Å². The summed E-state index contributed by atoms with van der Waals surface area (Å²) >= 11 is 0. The molecule has 1 amide bonds. The van der Waals surface area contributed by atoms with Crippen LogP contribution in [0.5, 0.6) is 0 Å². The molecule has 122 valence electrons. The van der Waals surface area contributed by atoms with Gasteiger partial charge in [-0.15, -0.1) is 0 Å². The molecule has 1 unspecified atom stereocenters. The summed E-state index contributed by atoms with van der Waals surface area (Å²) in [4.78, 5) is 14.4. The maximum absolute atomic E-state index is 13.4. The first kappa shape index (κ1) is 15.7. The van der Waals surface area contributed by atoms with Crippen LogP contribution in [-0.2, 0) is 17.8 Å². The molecule has 0 saturated heterocycles. The van der Waals surface area contributed by atoms with Crippen molar-refractivity contribution in [2.24, 2.45) is 0 Å². The molecule has 1 aromatic carbocycles. The predicted octanol–water partition coefficient (Wildman–Crippen LogP) is 2.43. The average Bonchev–Trinajstić information content (AvgIpc) is 2.97. The van der Waals surface area contributed by atoms with Crippen LogP contribution in [0.25, 0.3) is 0 Å². The molecule has 1 aliphatic rings. The third-order valence-electron chi connectivity index (χ3n) is 4.17. The average molecular weight is 317 g/mol. The van der Waals surface area contributed by atoms with E-state index in [0.717, 1.165) is 17.8 Å². The van der Waals surface area contributed by atoms with E-state index >= 15 is 0 Å². The van der Waals surface area contributed by atoms with Gasteiger partial charge in [-0.05, 0) is 25.1 Å². The first-order valence-electron chi connectivity index (χ1n) is 7.72. The molecule has 1 atom stereocenters. The standard InChI is InChI=1S/C17H20FN3O2/c1-3-21-16-13(8-19-21)9-20(10-14(16)11-23-2)17(22)12-5-4-6-15(18)7-12/h4-8,14H,3,9-11H2,1-2H3. The molecule has 1 aromatic heterocycles. The van der Waals surface area contributed by atoms with Crippen LogP contribution in [0.15, 0.2) is 30.5 Å². The molecule has 0 bridgehead atoms. The van der Waals surface area contributed by atoms with Gasteiger partial charge in [-0.2, -0.15) is 5.10 Å². The van der Waals surface area contributed by atoms with Gasteiger partial charge >= 0.3 is 0 Å². The van der Waals surface area contributed by atoms with Crippen LogP contribution >= 0.6 is 0 Å². The molecular weight excluding hydrogens is 297 g/mol. The molecule has 0 aliphatic carbocycles. The van der Waals surface area contributed by atoms with Gasteiger partial charge in [0.25, 0.3) is 5.91 Å². The van der Waals surface area contributed by atoms with Crippen LogP contribution in [0.3, 0.4) is 0 Å². The SMILES string of the molecule is CCn1ncc2c1C(COC)CN(C(=O)c1cccc(F)c1)C2. The Labute approximate surface area is 134 Å². The van der Waals surface area contributed by atoms with Crippen molar-refractivity contribution < 1.29 is 13.9 Å². The van der Waals surface area contributed by atoms with E-state index < -0.39 is 5.82 Å². The predicted molar refractivity (Wildman–Crippen MR) is 83.7 cm³/mol. The normalized spacial score (nSPS) is 17.2. The van der Waals surface area contributed by atoms with Crippen molar-refractivity contribution in [2.75, 3.05) is 20.3 Å². The second-order valence-electron chi connectivity index (χ2n) is 5.72. The molecule has 0 radical (unpaired) electrons. The van der Waals surface area contributed by atoms with Crippen molar-refractivity contribution >= 4 is 5.91 Å². The van der Waals surface area contributed by atoms with Crippen molar-refractivity contribution in [1.82, 2.24) is 14.7 Å². The van der Waals surface area contributed by atoms with Gasteiger partial charge < -0.3 is 9.64 Å². The lowest BCUT2D eigenvalue weighted by atomic mass is 9.96. The minimum Gasteiger partial charge on any atom is -0.384 e. The molecule has 5 nitrogen and oxygen atoms in total. The summed E-state index contributed by atoms with van der Waals surface area (Å²) in [5, 5.41) is 4.39. The van der Waals surface area contributed by atoms with E-state index in [0.29, 0.717) is 25.3 Å². The lowest BCUT2D eigenvalue weighted by molar-refractivity contribution is 0.0675. The van der Waals surface area contributed by atoms with Gasteiger partial charge in [0.2, 0.25) is 0 Å². The number of rotatable bonds is 4. The van der Waals surface area contributed by atoms with E-state index in [9.17, 15) is 9.18 Å². The Bertz CT molecular complexity index is 714. The van der Waals surface area contributed by atoms with Crippen LogP contribution in [0.4, 0.5) is 4.39 Å². The van der Waals surface area contributed by atoms with Crippen LogP contribution < -0.4 is 0 Å². The summed E-state index contributed by atoms with van der Waals surface area (Å²) < 4.78 is 20.7. The number of ether oxygens (including phenoxy) is 1. The van der Waals surface area contributed by atoms with E-state index in [1.54, 1.807) is 24.1 Å². The lowest BCUT2D eigenvalue weighted by Gasteiger charge is -2.33. The number of halogens is 1. The summed E-state index contributed by atoms with van der Waals surface area (Å²) in [6, 6.07) is 5.81. The van der Waals surface area contributed by atoms with Crippen LogP contribution in [-0.4, -0.2) is 40.8 Å². The number of hydrogen-bond donors (Lipinski definition) is 0. The highest BCUT2D eigenvalue weighted by Crippen LogP contribution is 2.29. The monoisotopic (exact) mass is 317 g/mol. The van der Waals surface area contributed by atoms with E-state index in [2.05, 4.69) is 5.10 Å². The van der Waals surface area contributed by atoms with Crippen molar-refractivity contribution in [3.05, 3.63) is 53.1 Å². The molecule has 1 aliphatic heterocycles. The number of carbonyl (C=O) groups excluding carboxylic acids is 1. The molecule has 3 rings (SSSR count). The number of hydrogen-bond acceptors (Lipinski definition) is 3. The van der Waals surface area contributed by atoms with Gasteiger partial charge in [0.05, 0.1) is 18.5 Å². The third-order valence-corrected chi connectivity index (χ3v) is 4.17. The molecule has 2 aromatic rings. The number of aryl methyl sites for hydroxylation is 1. The highest BCUT2D eigenvalue weighted by atomic mass is 19.1. The molecule has 0 spiro atoms. The van der Waals surface area contributed by atoms with E-state index in [-0.39, 0.29) is 11.8 Å². The molecule has 0 saturated carbocycles. The number of methoxy groups -OCH3 is 1. The molecule has 23 heavy (non-hydrogen) atoms. The maximum atomic E-state index is 13.4. The molecular formula is C17H20FN3O2. The summed E-state index contributed by atoms with van der Waals surface area (Å²) in [6.45, 7) is 4.38.